The van der Waals surface area contributed by atoms with Gasteiger partial charge in [-0.3, -0.25) is 9.69 Å². The van der Waals surface area contributed by atoms with Crippen molar-refractivity contribution >= 4 is 5.91 Å². The van der Waals surface area contributed by atoms with Crippen molar-refractivity contribution in [1.82, 2.24) is 10.2 Å². The highest BCUT2D eigenvalue weighted by atomic mass is 16.2. The van der Waals surface area contributed by atoms with Gasteiger partial charge in [-0.25, -0.2) is 0 Å². The normalized spacial score (nSPS) is 37.1. The first-order chi connectivity index (χ1) is 7.72. The van der Waals surface area contributed by atoms with Gasteiger partial charge in [0, 0.05) is 25.2 Å². The Labute approximate surface area is 97.6 Å². The molecule has 0 aromatic heterocycles. The third-order valence-electron chi connectivity index (χ3n) is 3.97. The maximum atomic E-state index is 11.8. The molecule has 1 heterocycles. The minimum absolute atomic E-state index is 0.0908. The molecule has 1 unspecified atom stereocenters. The molecule has 1 aliphatic carbocycles. The summed E-state index contributed by atoms with van der Waals surface area (Å²) in [6.07, 6.45) is 5.45. The number of rotatable bonds is 2. The van der Waals surface area contributed by atoms with E-state index in [4.69, 9.17) is 5.73 Å². The van der Waals surface area contributed by atoms with Crippen LogP contribution < -0.4 is 11.1 Å². The predicted molar refractivity (Wildman–Crippen MR) is 64.0 cm³/mol. The molecule has 0 bridgehead atoms. The second-order valence-corrected chi connectivity index (χ2v) is 5.02. The Balaban J connectivity index is 1.98. The smallest absolute Gasteiger partial charge is 0.237 e. The fraction of sp³-hybridized carbons (Fsp3) is 0.917. The Morgan fingerprint density at radius 2 is 2.06 bits per heavy atom. The highest BCUT2D eigenvalue weighted by Gasteiger charge is 2.34. The molecule has 4 heteroatoms. The maximum Gasteiger partial charge on any atom is 0.237 e. The number of nitrogens with one attached hydrogen (secondary N) is 1. The fourth-order valence-electron chi connectivity index (χ4n) is 3.02. The predicted octanol–water partition coefficient (Wildman–Crippen LogP) is 0.467. The van der Waals surface area contributed by atoms with Crippen LogP contribution in [0.4, 0.5) is 0 Å². The molecule has 16 heavy (non-hydrogen) atoms. The molecule has 2 rings (SSSR count). The first-order valence-electron chi connectivity index (χ1n) is 6.51. The number of carbonyl (C=O) groups excluding carboxylic acids is 1. The van der Waals surface area contributed by atoms with Crippen molar-refractivity contribution in [2.75, 3.05) is 13.1 Å². The summed E-state index contributed by atoms with van der Waals surface area (Å²) in [5, 5.41) is 2.96. The van der Waals surface area contributed by atoms with Crippen LogP contribution in [0.25, 0.3) is 0 Å². The fourth-order valence-corrected chi connectivity index (χ4v) is 3.02. The summed E-state index contributed by atoms with van der Waals surface area (Å²) >= 11 is 0. The van der Waals surface area contributed by atoms with Gasteiger partial charge < -0.3 is 11.1 Å². The Morgan fingerprint density at radius 3 is 2.69 bits per heavy atom. The average molecular weight is 225 g/mol. The molecule has 3 N–H and O–H groups in total. The van der Waals surface area contributed by atoms with Crippen molar-refractivity contribution < 1.29 is 4.79 Å². The van der Waals surface area contributed by atoms with Gasteiger partial charge >= 0.3 is 0 Å². The van der Waals surface area contributed by atoms with Crippen LogP contribution in [0.5, 0.6) is 0 Å². The van der Waals surface area contributed by atoms with Crippen molar-refractivity contribution in [3.05, 3.63) is 0 Å². The van der Waals surface area contributed by atoms with Crippen LogP contribution in [0.15, 0.2) is 0 Å². The molecule has 2 fully saturated rings. The molecule has 0 spiro atoms. The van der Waals surface area contributed by atoms with Gasteiger partial charge in [-0.05, 0) is 32.1 Å². The van der Waals surface area contributed by atoms with Crippen molar-refractivity contribution in [3.8, 4) is 0 Å². The Hall–Kier alpha value is -0.610. The summed E-state index contributed by atoms with van der Waals surface area (Å²) < 4.78 is 0. The molecular formula is C12H23N3O. The van der Waals surface area contributed by atoms with Crippen LogP contribution in [0, 0.1) is 0 Å². The molecule has 1 amide bonds. The second-order valence-electron chi connectivity index (χ2n) is 5.02. The van der Waals surface area contributed by atoms with E-state index in [9.17, 15) is 4.79 Å². The quantitative estimate of drug-likeness (QED) is 0.718. The van der Waals surface area contributed by atoms with Crippen molar-refractivity contribution in [3.63, 3.8) is 0 Å². The monoisotopic (exact) mass is 225 g/mol. The molecule has 1 aliphatic heterocycles. The Kier molecular flexibility index (Phi) is 3.82. The van der Waals surface area contributed by atoms with Gasteiger partial charge in [-0.2, -0.15) is 0 Å². The van der Waals surface area contributed by atoms with Crippen molar-refractivity contribution in [1.29, 1.82) is 0 Å². The van der Waals surface area contributed by atoms with Crippen LogP contribution in [0.1, 0.15) is 39.0 Å². The summed E-state index contributed by atoms with van der Waals surface area (Å²) in [7, 11) is 0. The lowest BCUT2D eigenvalue weighted by Gasteiger charge is -2.42. The minimum atomic E-state index is 0.0908. The molecular weight excluding hydrogens is 202 g/mol. The van der Waals surface area contributed by atoms with E-state index in [0.29, 0.717) is 12.1 Å². The Morgan fingerprint density at radius 1 is 1.38 bits per heavy atom. The van der Waals surface area contributed by atoms with Crippen LogP contribution in [0.2, 0.25) is 0 Å². The summed E-state index contributed by atoms with van der Waals surface area (Å²) in [5.41, 5.74) is 5.92. The number of amides is 1. The number of carbonyl (C=O) groups is 1. The van der Waals surface area contributed by atoms with Crippen LogP contribution >= 0.6 is 0 Å². The van der Waals surface area contributed by atoms with E-state index in [2.05, 4.69) is 17.1 Å². The summed E-state index contributed by atoms with van der Waals surface area (Å²) in [5.74, 6) is 0.212. The van der Waals surface area contributed by atoms with E-state index in [1.165, 1.54) is 0 Å². The maximum absolute atomic E-state index is 11.8. The minimum Gasteiger partial charge on any atom is -0.353 e. The van der Waals surface area contributed by atoms with Crippen molar-refractivity contribution in [2.24, 2.45) is 5.73 Å². The van der Waals surface area contributed by atoms with Gasteiger partial charge in [0.25, 0.3) is 0 Å². The first kappa shape index (κ1) is 11.9. The van der Waals surface area contributed by atoms with Crippen LogP contribution in [-0.2, 0) is 4.79 Å². The average Bonchev–Trinajstić information content (AvgIpc) is 2.30. The van der Waals surface area contributed by atoms with Gasteiger partial charge in [0.15, 0.2) is 0 Å². The second kappa shape index (κ2) is 5.15. The van der Waals surface area contributed by atoms with E-state index >= 15 is 0 Å². The SMILES string of the molecule is CCC1C(=O)NCCN1C1CCC(N)CC1. The molecule has 0 aromatic rings. The molecule has 4 nitrogen and oxygen atoms in total. The topological polar surface area (TPSA) is 58.4 Å². The third-order valence-corrected chi connectivity index (χ3v) is 3.97. The lowest BCUT2D eigenvalue weighted by molar-refractivity contribution is -0.130. The van der Waals surface area contributed by atoms with Gasteiger partial charge in [-0.15, -0.1) is 0 Å². The molecule has 1 atom stereocenters. The zero-order valence-corrected chi connectivity index (χ0v) is 10.1. The molecule has 1 saturated heterocycles. The summed E-state index contributed by atoms with van der Waals surface area (Å²) in [6.45, 7) is 3.90. The zero-order valence-electron chi connectivity index (χ0n) is 10.1. The zero-order chi connectivity index (χ0) is 11.5. The first-order valence-corrected chi connectivity index (χ1v) is 6.51. The molecule has 2 aliphatic rings. The van der Waals surface area contributed by atoms with Crippen LogP contribution in [-0.4, -0.2) is 42.0 Å². The third kappa shape index (κ3) is 2.38. The lowest BCUT2D eigenvalue weighted by atomic mass is 9.89. The number of nitrogens with two attached hydrogens (primary N) is 1. The number of piperazine rings is 1. The largest absolute Gasteiger partial charge is 0.353 e. The van der Waals surface area contributed by atoms with E-state index < -0.39 is 0 Å². The highest BCUT2D eigenvalue weighted by molar-refractivity contribution is 5.82. The molecule has 0 aromatic carbocycles. The molecule has 0 radical (unpaired) electrons. The van der Waals surface area contributed by atoms with Crippen LogP contribution in [0.3, 0.4) is 0 Å². The standard InChI is InChI=1S/C12H23N3O/c1-2-11-12(16)14-7-8-15(11)10-5-3-9(13)4-6-10/h9-11H,2-8,13H2,1H3,(H,14,16). The van der Waals surface area contributed by atoms with E-state index in [1.54, 1.807) is 0 Å². The number of nitrogens with zero attached hydrogens (tertiary/aromatic N) is 1. The number of hydrogen-bond donors (Lipinski definition) is 2. The summed E-state index contributed by atoms with van der Waals surface area (Å²) in [4.78, 5) is 14.2. The van der Waals surface area contributed by atoms with Gasteiger partial charge in [0.05, 0.1) is 6.04 Å². The van der Waals surface area contributed by atoms with Crippen molar-refractivity contribution in [2.45, 2.75) is 57.2 Å². The van der Waals surface area contributed by atoms with E-state index in [1.807, 2.05) is 0 Å². The molecule has 1 saturated carbocycles. The molecule has 92 valence electrons. The van der Waals surface area contributed by atoms with E-state index in [0.717, 1.165) is 45.2 Å². The van der Waals surface area contributed by atoms with Gasteiger partial charge in [0.2, 0.25) is 5.91 Å². The van der Waals surface area contributed by atoms with Gasteiger partial charge in [-0.1, -0.05) is 6.92 Å². The van der Waals surface area contributed by atoms with Gasteiger partial charge in [0.1, 0.15) is 0 Å². The lowest BCUT2D eigenvalue weighted by Crippen LogP contribution is -2.59. The number of hydrogen-bond acceptors (Lipinski definition) is 3. The van der Waals surface area contributed by atoms with E-state index in [-0.39, 0.29) is 11.9 Å². The summed E-state index contributed by atoms with van der Waals surface area (Å²) in [6, 6.07) is 1.05. The highest BCUT2D eigenvalue weighted by Crippen LogP contribution is 2.25. The Bertz CT molecular complexity index is 249.